The van der Waals surface area contributed by atoms with E-state index in [-0.39, 0.29) is 0 Å². The molecule has 0 spiro atoms. The van der Waals surface area contributed by atoms with Crippen LogP contribution in [0.4, 0.5) is 0 Å². The van der Waals surface area contributed by atoms with Gasteiger partial charge in [0.1, 0.15) is 5.75 Å². The molecule has 2 aromatic rings. The molecule has 1 heterocycles. The van der Waals surface area contributed by atoms with Gasteiger partial charge in [-0.05, 0) is 55.9 Å². The van der Waals surface area contributed by atoms with Gasteiger partial charge >= 0.3 is 0 Å². The van der Waals surface area contributed by atoms with Crippen molar-refractivity contribution in [2.75, 3.05) is 20.8 Å². The lowest BCUT2D eigenvalue weighted by molar-refractivity contribution is 0.190. The summed E-state index contributed by atoms with van der Waals surface area (Å²) in [6.45, 7) is 4.15. The third-order valence-electron chi connectivity index (χ3n) is 5.30. The molecule has 3 heteroatoms. The molecular formula is C20H29NO2. The van der Waals surface area contributed by atoms with Crippen molar-refractivity contribution >= 4 is 10.9 Å². The maximum Gasteiger partial charge on any atom is 0.119 e. The van der Waals surface area contributed by atoms with Gasteiger partial charge in [0.05, 0.1) is 7.11 Å². The molecule has 0 unspecified atom stereocenters. The van der Waals surface area contributed by atoms with Crippen molar-refractivity contribution in [1.29, 1.82) is 0 Å². The SMILES string of the molecule is COCCCn1c(C2CCCCC2)c(C)c2cc(OC)ccc21. The van der Waals surface area contributed by atoms with E-state index in [0.29, 0.717) is 5.92 Å². The Bertz CT molecular complexity index is 653. The highest BCUT2D eigenvalue weighted by Gasteiger charge is 2.24. The Morgan fingerprint density at radius 1 is 1.13 bits per heavy atom. The first-order chi connectivity index (χ1) is 11.3. The first kappa shape index (κ1) is 16.4. The molecule has 0 aliphatic heterocycles. The minimum Gasteiger partial charge on any atom is -0.497 e. The zero-order chi connectivity index (χ0) is 16.2. The average molecular weight is 315 g/mol. The van der Waals surface area contributed by atoms with Gasteiger partial charge < -0.3 is 14.0 Å². The Labute approximate surface area is 139 Å². The Balaban J connectivity index is 2.06. The van der Waals surface area contributed by atoms with Gasteiger partial charge in [0.25, 0.3) is 0 Å². The number of benzene rings is 1. The van der Waals surface area contributed by atoms with E-state index >= 15 is 0 Å². The fraction of sp³-hybridized carbons (Fsp3) is 0.600. The van der Waals surface area contributed by atoms with E-state index in [1.807, 2.05) is 0 Å². The molecule has 0 radical (unpaired) electrons. The normalized spacial score (nSPS) is 16.1. The van der Waals surface area contributed by atoms with Gasteiger partial charge in [0, 0.05) is 36.9 Å². The van der Waals surface area contributed by atoms with Crippen LogP contribution in [0.15, 0.2) is 18.2 Å². The van der Waals surface area contributed by atoms with Gasteiger partial charge in [-0.3, -0.25) is 0 Å². The Morgan fingerprint density at radius 2 is 1.91 bits per heavy atom. The second kappa shape index (κ2) is 7.39. The number of hydrogen-bond acceptors (Lipinski definition) is 2. The van der Waals surface area contributed by atoms with Gasteiger partial charge in [-0.25, -0.2) is 0 Å². The zero-order valence-electron chi connectivity index (χ0n) is 14.7. The monoisotopic (exact) mass is 315 g/mol. The average Bonchev–Trinajstić information content (AvgIpc) is 2.87. The number of aryl methyl sites for hydroxylation is 2. The van der Waals surface area contributed by atoms with Gasteiger partial charge in [0.2, 0.25) is 0 Å². The smallest absolute Gasteiger partial charge is 0.119 e. The Morgan fingerprint density at radius 3 is 2.61 bits per heavy atom. The van der Waals surface area contributed by atoms with E-state index in [4.69, 9.17) is 9.47 Å². The van der Waals surface area contributed by atoms with Crippen molar-refractivity contribution in [3.63, 3.8) is 0 Å². The number of hydrogen-bond donors (Lipinski definition) is 0. The molecule has 1 aliphatic carbocycles. The number of fused-ring (bicyclic) bond motifs is 1. The molecule has 23 heavy (non-hydrogen) atoms. The van der Waals surface area contributed by atoms with E-state index in [1.165, 1.54) is 48.6 Å². The van der Waals surface area contributed by atoms with Gasteiger partial charge in [-0.1, -0.05) is 19.3 Å². The number of ether oxygens (including phenoxy) is 2. The molecule has 0 atom stereocenters. The summed E-state index contributed by atoms with van der Waals surface area (Å²) in [6, 6.07) is 6.50. The van der Waals surface area contributed by atoms with Crippen molar-refractivity contribution in [3.8, 4) is 5.75 Å². The number of aromatic nitrogens is 1. The van der Waals surface area contributed by atoms with E-state index in [1.54, 1.807) is 19.9 Å². The van der Waals surface area contributed by atoms with Crippen LogP contribution in [0.25, 0.3) is 10.9 Å². The lowest BCUT2D eigenvalue weighted by Gasteiger charge is -2.25. The predicted octanol–water partition coefficient (Wildman–Crippen LogP) is 5.04. The van der Waals surface area contributed by atoms with Crippen LogP contribution in [0.5, 0.6) is 5.75 Å². The summed E-state index contributed by atoms with van der Waals surface area (Å²) in [5.41, 5.74) is 4.35. The third kappa shape index (κ3) is 3.25. The summed E-state index contributed by atoms with van der Waals surface area (Å²) in [7, 11) is 3.53. The maximum atomic E-state index is 5.44. The van der Waals surface area contributed by atoms with Crippen molar-refractivity contribution < 1.29 is 9.47 Å². The lowest BCUT2D eigenvalue weighted by Crippen LogP contribution is -2.13. The van der Waals surface area contributed by atoms with Crippen molar-refractivity contribution in [1.82, 2.24) is 4.57 Å². The van der Waals surface area contributed by atoms with Crippen LogP contribution in [0, 0.1) is 6.92 Å². The molecule has 0 amide bonds. The quantitative estimate of drug-likeness (QED) is 0.697. The van der Waals surface area contributed by atoms with Gasteiger partial charge in [-0.15, -0.1) is 0 Å². The molecule has 1 aromatic heterocycles. The third-order valence-corrected chi connectivity index (χ3v) is 5.30. The minimum atomic E-state index is 0.713. The molecule has 126 valence electrons. The molecule has 3 nitrogen and oxygen atoms in total. The highest BCUT2D eigenvalue weighted by atomic mass is 16.5. The van der Waals surface area contributed by atoms with Crippen LogP contribution in [-0.2, 0) is 11.3 Å². The Hall–Kier alpha value is -1.48. The second-order valence-electron chi connectivity index (χ2n) is 6.73. The van der Waals surface area contributed by atoms with E-state index in [9.17, 15) is 0 Å². The minimum absolute atomic E-state index is 0.713. The van der Waals surface area contributed by atoms with Crippen molar-refractivity contribution in [2.45, 2.75) is 57.9 Å². The molecule has 3 rings (SSSR count). The predicted molar refractivity (Wildman–Crippen MR) is 95.5 cm³/mol. The fourth-order valence-corrected chi connectivity index (χ4v) is 4.16. The van der Waals surface area contributed by atoms with Crippen molar-refractivity contribution in [2.24, 2.45) is 0 Å². The summed E-state index contributed by atoms with van der Waals surface area (Å²) in [5.74, 6) is 1.66. The summed E-state index contributed by atoms with van der Waals surface area (Å²) in [4.78, 5) is 0. The molecule has 1 fully saturated rings. The molecule has 0 saturated heterocycles. The van der Waals surface area contributed by atoms with Gasteiger partial charge in [0.15, 0.2) is 0 Å². The number of nitrogens with zero attached hydrogens (tertiary/aromatic N) is 1. The highest BCUT2D eigenvalue weighted by molar-refractivity contribution is 5.87. The zero-order valence-corrected chi connectivity index (χ0v) is 14.7. The van der Waals surface area contributed by atoms with Crippen LogP contribution >= 0.6 is 0 Å². The Kier molecular flexibility index (Phi) is 5.27. The number of methoxy groups -OCH3 is 2. The summed E-state index contributed by atoms with van der Waals surface area (Å²) in [5, 5.41) is 1.35. The van der Waals surface area contributed by atoms with E-state index < -0.39 is 0 Å². The van der Waals surface area contributed by atoms with E-state index in [2.05, 4.69) is 29.7 Å². The van der Waals surface area contributed by atoms with Crippen LogP contribution < -0.4 is 4.74 Å². The van der Waals surface area contributed by atoms with Gasteiger partial charge in [-0.2, -0.15) is 0 Å². The first-order valence-electron chi connectivity index (χ1n) is 8.92. The number of rotatable bonds is 6. The van der Waals surface area contributed by atoms with Crippen LogP contribution in [0.2, 0.25) is 0 Å². The molecule has 1 aliphatic rings. The van der Waals surface area contributed by atoms with Crippen LogP contribution in [0.1, 0.15) is 55.7 Å². The van der Waals surface area contributed by atoms with Crippen LogP contribution in [0.3, 0.4) is 0 Å². The molecule has 1 aromatic carbocycles. The molecule has 0 N–H and O–H groups in total. The molecular weight excluding hydrogens is 286 g/mol. The largest absolute Gasteiger partial charge is 0.497 e. The lowest BCUT2D eigenvalue weighted by atomic mass is 9.85. The summed E-state index contributed by atoms with van der Waals surface area (Å²) < 4.78 is 13.3. The highest BCUT2D eigenvalue weighted by Crippen LogP contribution is 2.39. The fourth-order valence-electron chi connectivity index (χ4n) is 4.16. The molecule has 1 saturated carbocycles. The first-order valence-corrected chi connectivity index (χ1v) is 8.92. The second-order valence-corrected chi connectivity index (χ2v) is 6.73. The van der Waals surface area contributed by atoms with E-state index in [0.717, 1.165) is 25.3 Å². The topological polar surface area (TPSA) is 23.4 Å². The molecule has 0 bridgehead atoms. The van der Waals surface area contributed by atoms with Crippen LogP contribution in [-0.4, -0.2) is 25.4 Å². The van der Waals surface area contributed by atoms with Crippen molar-refractivity contribution in [3.05, 3.63) is 29.5 Å². The maximum absolute atomic E-state index is 5.44. The standard InChI is InChI=1S/C20H29NO2/c1-15-18-14-17(23-3)10-11-19(18)21(12-7-13-22-2)20(15)16-8-5-4-6-9-16/h10-11,14,16H,4-9,12-13H2,1-3H3. The summed E-state index contributed by atoms with van der Waals surface area (Å²) in [6.07, 6.45) is 7.86. The summed E-state index contributed by atoms with van der Waals surface area (Å²) >= 11 is 0.